The number of hydrogen-bond acceptors (Lipinski definition) is 7. The highest BCUT2D eigenvalue weighted by Crippen LogP contribution is 2.39. The van der Waals surface area contributed by atoms with Crippen LogP contribution >= 0.6 is 0 Å². The van der Waals surface area contributed by atoms with Crippen molar-refractivity contribution in [1.82, 2.24) is 19.7 Å². The molecule has 1 aromatic carbocycles. The van der Waals surface area contributed by atoms with Gasteiger partial charge in [-0.3, -0.25) is 9.36 Å². The van der Waals surface area contributed by atoms with Gasteiger partial charge < -0.3 is 19.6 Å². The van der Waals surface area contributed by atoms with E-state index in [1.807, 2.05) is 6.07 Å². The summed E-state index contributed by atoms with van der Waals surface area (Å²) in [4.78, 5) is 17.6. The number of phenols is 1. The van der Waals surface area contributed by atoms with Crippen LogP contribution in [-0.2, 0) is 13.5 Å². The highest BCUT2D eigenvalue weighted by molar-refractivity contribution is 5.69. The van der Waals surface area contributed by atoms with Crippen LogP contribution in [0.2, 0.25) is 0 Å². The predicted octanol–water partition coefficient (Wildman–Crippen LogP) is 1.01. The van der Waals surface area contributed by atoms with E-state index >= 15 is 0 Å². The van der Waals surface area contributed by atoms with Gasteiger partial charge in [0.05, 0.1) is 12.2 Å². The van der Waals surface area contributed by atoms with Gasteiger partial charge in [0.25, 0.3) is 5.56 Å². The smallest absolute Gasteiger partial charge is 0.296 e. The second kappa shape index (κ2) is 6.48. The Labute approximate surface area is 163 Å². The van der Waals surface area contributed by atoms with Crippen LogP contribution in [0.1, 0.15) is 18.4 Å². The first-order valence-electron chi connectivity index (χ1n) is 9.91. The Bertz CT molecular complexity index is 989. The number of rotatable bonds is 2. The van der Waals surface area contributed by atoms with Crippen molar-refractivity contribution in [3.8, 4) is 22.9 Å². The molecule has 3 aliphatic heterocycles. The van der Waals surface area contributed by atoms with Crippen molar-refractivity contribution in [2.75, 3.05) is 38.2 Å². The summed E-state index contributed by atoms with van der Waals surface area (Å²) < 4.78 is 6.99. The third-order valence-corrected chi connectivity index (χ3v) is 6.48. The zero-order chi connectivity index (χ0) is 19.4. The fourth-order valence-corrected chi connectivity index (χ4v) is 4.87. The predicted molar refractivity (Wildman–Crippen MR) is 105 cm³/mol. The number of likely N-dealkylation sites (tertiary alicyclic amines) is 1. The van der Waals surface area contributed by atoms with Gasteiger partial charge in [0.1, 0.15) is 11.5 Å². The lowest BCUT2D eigenvalue weighted by Crippen LogP contribution is -2.48. The fraction of sp³-hybridized carbons (Fsp3) is 0.550. The molecule has 1 N–H and O–H groups in total. The summed E-state index contributed by atoms with van der Waals surface area (Å²) >= 11 is 0. The molecule has 2 aromatic rings. The van der Waals surface area contributed by atoms with E-state index in [9.17, 15) is 9.90 Å². The lowest BCUT2D eigenvalue weighted by atomic mass is 9.92. The van der Waals surface area contributed by atoms with Crippen molar-refractivity contribution in [2.45, 2.75) is 25.3 Å². The lowest BCUT2D eigenvalue weighted by Gasteiger charge is -2.36. The molecule has 0 amide bonds. The van der Waals surface area contributed by atoms with Crippen LogP contribution in [-0.4, -0.2) is 64.1 Å². The average Bonchev–Trinajstić information content (AvgIpc) is 3.32. The number of aromatic hydroxyl groups is 1. The van der Waals surface area contributed by atoms with Crippen molar-refractivity contribution in [3.05, 3.63) is 28.0 Å². The van der Waals surface area contributed by atoms with Crippen molar-refractivity contribution in [2.24, 2.45) is 13.0 Å². The summed E-state index contributed by atoms with van der Waals surface area (Å²) in [6, 6.07) is 3.88. The monoisotopic (exact) mass is 383 g/mol. The minimum atomic E-state index is -0.171. The minimum Gasteiger partial charge on any atom is -0.507 e. The Hall–Kier alpha value is -2.61. The lowest BCUT2D eigenvalue weighted by molar-refractivity contribution is 0.207. The molecule has 5 rings (SSSR count). The Morgan fingerprint density at radius 3 is 2.86 bits per heavy atom. The number of likely N-dealkylation sites (N-methyl/N-ethyl adjacent to an activating group) is 1. The number of anilines is 1. The standard InChI is InChI=1S/C20H25N5O3/c1-23-8-5-12-6-9-25(15(12)11-23)19-20(27)24(2)18(21-22-19)14-3-4-16-13(17(14)26)7-10-28-16/h3-4,12,15,26H,5-11H2,1-2H3/t12-,15-/m0/s1. The quantitative estimate of drug-likeness (QED) is 0.829. The van der Waals surface area contributed by atoms with E-state index in [1.165, 1.54) is 4.57 Å². The SMILES string of the molecule is CN1CC[C@H]2CCN(c3nnc(-c4ccc5c(c4O)CCO5)n(C)c3=O)[C@H]2C1. The van der Waals surface area contributed by atoms with Crippen molar-refractivity contribution in [3.63, 3.8) is 0 Å². The van der Waals surface area contributed by atoms with Gasteiger partial charge >= 0.3 is 0 Å². The van der Waals surface area contributed by atoms with Gasteiger partial charge in [-0.05, 0) is 44.5 Å². The van der Waals surface area contributed by atoms with E-state index in [2.05, 4.69) is 27.0 Å². The summed E-state index contributed by atoms with van der Waals surface area (Å²) in [6.07, 6.45) is 2.91. The third-order valence-electron chi connectivity index (χ3n) is 6.48. The van der Waals surface area contributed by atoms with Crippen LogP contribution in [0.4, 0.5) is 5.82 Å². The maximum absolute atomic E-state index is 13.1. The van der Waals surface area contributed by atoms with E-state index in [-0.39, 0.29) is 11.3 Å². The Kier molecular flexibility index (Phi) is 4.04. The topological polar surface area (TPSA) is 83.7 Å². The molecule has 4 heterocycles. The molecule has 0 spiro atoms. The van der Waals surface area contributed by atoms with E-state index in [0.29, 0.717) is 47.9 Å². The van der Waals surface area contributed by atoms with Gasteiger partial charge in [0.15, 0.2) is 5.82 Å². The summed E-state index contributed by atoms with van der Waals surface area (Å²) in [7, 11) is 3.82. The van der Waals surface area contributed by atoms with E-state index in [0.717, 1.165) is 38.0 Å². The molecule has 28 heavy (non-hydrogen) atoms. The molecule has 2 saturated heterocycles. The molecule has 0 saturated carbocycles. The number of ether oxygens (including phenoxy) is 1. The summed E-state index contributed by atoms with van der Waals surface area (Å²) in [5.74, 6) is 2.22. The maximum atomic E-state index is 13.1. The Morgan fingerprint density at radius 2 is 2.00 bits per heavy atom. The maximum Gasteiger partial charge on any atom is 0.296 e. The first-order valence-corrected chi connectivity index (χ1v) is 9.91. The molecule has 0 aliphatic carbocycles. The van der Waals surface area contributed by atoms with Crippen LogP contribution in [0.15, 0.2) is 16.9 Å². The highest BCUT2D eigenvalue weighted by Gasteiger charge is 2.39. The van der Waals surface area contributed by atoms with Gasteiger partial charge in [-0.25, -0.2) is 0 Å². The largest absolute Gasteiger partial charge is 0.507 e. The molecule has 0 unspecified atom stereocenters. The second-order valence-corrected chi connectivity index (χ2v) is 8.11. The third kappa shape index (κ3) is 2.58. The first-order chi connectivity index (χ1) is 13.5. The zero-order valence-electron chi connectivity index (χ0n) is 16.3. The summed E-state index contributed by atoms with van der Waals surface area (Å²) in [5.41, 5.74) is 1.11. The summed E-state index contributed by atoms with van der Waals surface area (Å²) in [5, 5.41) is 19.3. The van der Waals surface area contributed by atoms with E-state index in [1.54, 1.807) is 13.1 Å². The van der Waals surface area contributed by atoms with E-state index in [4.69, 9.17) is 4.74 Å². The average molecular weight is 383 g/mol. The van der Waals surface area contributed by atoms with Crippen molar-refractivity contribution < 1.29 is 9.84 Å². The molecule has 0 bridgehead atoms. The van der Waals surface area contributed by atoms with Gasteiger partial charge in [-0.1, -0.05) is 0 Å². The molecule has 2 atom stereocenters. The molecule has 8 heteroatoms. The van der Waals surface area contributed by atoms with Crippen LogP contribution in [0.5, 0.6) is 11.5 Å². The number of piperidine rings is 1. The van der Waals surface area contributed by atoms with Gasteiger partial charge in [-0.15, -0.1) is 10.2 Å². The molecule has 8 nitrogen and oxygen atoms in total. The number of nitrogens with zero attached hydrogens (tertiary/aromatic N) is 5. The molecular formula is C20H25N5O3. The van der Waals surface area contributed by atoms with Crippen LogP contribution < -0.4 is 15.2 Å². The van der Waals surface area contributed by atoms with Crippen LogP contribution in [0, 0.1) is 5.92 Å². The molecule has 1 aromatic heterocycles. The number of phenolic OH excluding ortho intramolecular Hbond substituents is 1. The molecule has 0 radical (unpaired) electrons. The normalized spacial score (nSPS) is 24.1. The van der Waals surface area contributed by atoms with Crippen LogP contribution in [0.25, 0.3) is 11.4 Å². The number of fused-ring (bicyclic) bond motifs is 2. The van der Waals surface area contributed by atoms with Crippen molar-refractivity contribution >= 4 is 5.82 Å². The number of aromatic nitrogens is 3. The molecular weight excluding hydrogens is 358 g/mol. The van der Waals surface area contributed by atoms with Crippen LogP contribution in [0.3, 0.4) is 0 Å². The first kappa shape index (κ1) is 17.5. The summed E-state index contributed by atoms with van der Waals surface area (Å²) in [6.45, 7) is 3.46. The number of hydrogen-bond donors (Lipinski definition) is 1. The van der Waals surface area contributed by atoms with Crippen molar-refractivity contribution in [1.29, 1.82) is 0 Å². The Morgan fingerprint density at radius 1 is 1.18 bits per heavy atom. The number of benzene rings is 1. The Balaban J connectivity index is 1.53. The van der Waals surface area contributed by atoms with E-state index < -0.39 is 0 Å². The van der Waals surface area contributed by atoms with Gasteiger partial charge in [-0.2, -0.15) is 0 Å². The zero-order valence-corrected chi connectivity index (χ0v) is 16.3. The van der Waals surface area contributed by atoms with Gasteiger partial charge in [0.2, 0.25) is 5.82 Å². The molecule has 148 valence electrons. The minimum absolute atomic E-state index is 0.127. The van der Waals surface area contributed by atoms with Gasteiger partial charge in [0, 0.05) is 38.2 Å². The second-order valence-electron chi connectivity index (χ2n) is 8.11. The fourth-order valence-electron chi connectivity index (χ4n) is 4.87. The molecule has 3 aliphatic rings. The molecule has 2 fully saturated rings. The highest BCUT2D eigenvalue weighted by atomic mass is 16.5.